The van der Waals surface area contributed by atoms with E-state index in [1.165, 1.54) is 0 Å². The number of aromatic nitrogens is 3. The van der Waals surface area contributed by atoms with Crippen LogP contribution in [0.2, 0.25) is 10.0 Å². The molecule has 2 heterocycles. The van der Waals surface area contributed by atoms with Crippen LogP contribution < -0.4 is 5.32 Å². The molecule has 0 fully saturated rings. The third-order valence-electron chi connectivity index (χ3n) is 4.01. The Bertz CT molecular complexity index is 1100. The minimum Gasteiger partial charge on any atom is -0.340 e. The zero-order valence-electron chi connectivity index (χ0n) is 13.9. The van der Waals surface area contributed by atoms with Crippen molar-refractivity contribution in [3.63, 3.8) is 0 Å². The van der Waals surface area contributed by atoms with Gasteiger partial charge in [-0.2, -0.15) is 0 Å². The van der Waals surface area contributed by atoms with E-state index in [1.54, 1.807) is 12.4 Å². The first kappa shape index (κ1) is 16.8. The Kier molecular flexibility index (Phi) is 4.45. The number of hydrogen-bond donors (Lipinski definition) is 1. The molecule has 0 unspecified atom stereocenters. The molecule has 0 saturated carbocycles. The predicted molar refractivity (Wildman–Crippen MR) is 107 cm³/mol. The van der Waals surface area contributed by atoms with Crippen molar-refractivity contribution in [3.8, 4) is 11.4 Å². The summed E-state index contributed by atoms with van der Waals surface area (Å²) in [4.78, 5) is 13.5. The maximum absolute atomic E-state index is 6.25. The molecule has 4 aromatic rings. The lowest BCUT2D eigenvalue weighted by Gasteiger charge is -2.12. The van der Waals surface area contributed by atoms with Gasteiger partial charge >= 0.3 is 0 Å². The van der Waals surface area contributed by atoms with Crippen molar-refractivity contribution in [2.75, 3.05) is 5.32 Å². The molecular formula is C20H14Cl2N4. The standard InChI is InChI=1S/C20H14Cl2N4/c1-12-4-6-15(10-17(12)22)24-20-16-9-14(21)5-7-18(16)25-19(26-20)13-3-2-8-23-11-13/h2-11H,1H3,(H,24,25,26). The molecule has 0 bridgehead atoms. The number of pyridine rings is 1. The van der Waals surface area contributed by atoms with E-state index >= 15 is 0 Å². The molecule has 2 aromatic carbocycles. The van der Waals surface area contributed by atoms with Crippen molar-refractivity contribution in [2.45, 2.75) is 6.92 Å². The summed E-state index contributed by atoms with van der Waals surface area (Å²) in [5.74, 6) is 1.25. The molecule has 0 saturated heterocycles. The van der Waals surface area contributed by atoms with Crippen LogP contribution in [0.4, 0.5) is 11.5 Å². The van der Waals surface area contributed by atoms with E-state index in [2.05, 4.69) is 15.3 Å². The zero-order valence-corrected chi connectivity index (χ0v) is 15.4. The van der Waals surface area contributed by atoms with Crippen molar-refractivity contribution in [2.24, 2.45) is 0 Å². The third-order valence-corrected chi connectivity index (χ3v) is 4.65. The first-order valence-electron chi connectivity index (χ1n) is 8.01. The minimum absolute atomic E-state index is 0.591. The Morgan fingerprint density at radius 1 is 0.962 bits per heavy atom. The fraction of sp³-hybridized carbons (Fsp3) is 0.0500. The first-order chi connectivity index (χ1) is 12.6. The topological polar surface area (TPSA) is 50.7 Å². The van der Waals surface area contributed by atoms with Gasteiger partial charge in [0.05, 0.1) is 5.52 Å². The van der Waals surface area contributed by atoms with Gasteiger partial charge in [-0.15, -0.1) is 0 Å². The molecule has 0 aliphatic heterocycles. The molecule has 6 heteroatoms. The summed E-state index contributed by atoms with van der Waals surface area (Å²) in [5, 5.41) is 5.49. The average molecular weight is 381 g/mol. The summed E-state index contributed by atoms with van der Waals surface area (Å²) in [6.07, 6.45) is 3.46. The Labute approximate surface area is 160 Å². The minimum atomic E-state index is 0.591. The number of fused-ring (bicyclic) bond motifs is 1. The lowest BCUT2D eigenvalue weighted by Crippen LogP contribution is -2.00. The number of hydrogen-bond acceptors (Lipinski definition) is 4. The highest BCUT2D eigenvalue weighted by molar-refractivity contribution is 6.32. The lowest BCUT2D eigenvalue weighted by atomic mass is 10.2. The van der Waals surface area contributed by atoms with Gasteiger partial charge < -0.3 is 5.32 Å². The van der Waals surface area contributed by atoms with Gasteiger partial charge in [-0.1, -0.05) is 29.3 Å². The van der Waals surface area contributed by atoms with E-state index < -0.39 is 0 Å². The number of anilines is 2. The van der Waals surface area contributed by atoms with E-state index in [1.807, 2.05) is 55.5 Å². The fourth-order valence-corrected chi connectivity index (χ4v) is 2.98. The van der Waals surface area contributed by atoms with Crippen LogP contribution in [0.3, 0.4) is 0 Å². The predicted octanol–water partition coefficient (Wildman–Crippen LogP) is 6.05. The van der Waals surface area contributed by atoms with Crippen molar-refractivity contribution < 1.29 is 0 Å². The van der Waals surface area contributed by atoms with Crippen LogP contribution in [-0.2, 0) is 0 Å². The molecule has 26 heavy (non-hydrogen) atoms. The first-order valence-corrected chi connectivity index (χ1v) is 8.76. The normalized spacial score (nSPS) is 10.9. The molecule has 1 N–H and O–H groups in total. The fourth-order valence-electron chi connectivity index (χ4n) is 2.63. The summed E-state index contributed by atoms with van der Waals surface area (Å²) < 4.78 is 0. The van der Waals surface area contributed by atoms with Gasteiger partial charge in [-0.3, -0.25) is 4.98 Å². The highest BCUT2D eigenvalue weighted by Gasteiger charge is 2.11. The Hall–Kier alpha value is -2.69. The van der Waals surface area contributed by atoms with E-state index in [4.69, 9.17) is 28.2 Å². The van der Waals surface area contributed by atoms with Crippen molar-refractivity contribution in [1.82, 2.24) is 15.0 Å². The second-order valence-electron chi connectivity index (χ2n) is 5.89. The maximum atomic E-state index is 6.25. The van der Waals surface area contributed by atoms with Gasteiger partial charge in [-0.05, 0) is 55.0 Å². The number of aryl methyl sites for hydroxylation is 1. The quantitative estimate of drug-likeness (QED) is 0.469. The Morgan fingerprint density at radius 3 is 2.62 bits per heavy atom. The van der Waals surface area contributed by atoms with Crippen molar-refractivity contribution in [3.05, 3.63) is 76.5 Å². The van der Waals surface area contributed by atoms with Gasteiger partial charge in [0.2, 0.25) is 0 Å². The number of nitrogens with one attached hydrogen (secondary N) is 1. The summed E-state index contributed by atoms with van der Waals surface area (Å²) in [5.41, 5.74) is 3.50. The zero-order chi connectivity index (χ0) is 18.1. The molecule has 0 spiro atoms. The summed E-state index contributed by atoms with van der Waals surface area (Å²) in [6, 6.07) is 15.1. The second kappa shape index (κ2) is 6.90. The SMILES string of the molecule is Cc1ccc(Nc2nc(-c3cccnc3)nc3ccc(Cl)cc23)cc1Cl. The van der Waals surface area contributed by atoms with Crippen LogP contribution in [0.5, 0.6) is 0 Å². The number of rotatable bonds is 3. The van der Waals surface area contributed by atoms with Crippen LogP contribution in [0, 0.1) is 6.92 Å². The summed E-state index contributed by atoms with van der Waals surface area (Å²) in [6.45, 7) is 1.96. The number of halogens is 2. The molecule has 0 atom stereocenters. The molecule has 128 valence electrons. The summed E-state index contributed by atoms with van der Waals surface area (Å²) >= 11 is 12.4. The van der Waals surface area contributed by atoms with Crippen LogP contribution in [-0.4, -0.2) is 15.0 Å². The molecule has 0 amide bonds. The van der Waals surface area contributed by atoms with E-state index in [0.29, 0.717) is 21.7 Å². The highest BCUT2D eigenvalue weighted by Crippen LogP contribution is 2.30. The van der Waals surface area contributed by atoms with Gasteiger partial charge in [0.25, 0.3) is 0 Å². The molecule has 4 rings (SSSR count). The monoisotopic (exact) mass is 380 g/mol. The second-order valence-corrected chi connectivity index (χ2v) is 6.73. The molecule has 0 aliphatic carbocycles. The van der Waals surface area contributed by atoms with Crippen LogP contribution >= 0.6 is 23.2 Å². The van der Waals surface area contributed by atoms with Crippen LogP contribution in [0.15, 0.2) is 60.9 Å². The van der Waals surface area contributed by atoms with Gasteiger partial charge in [0, 0.05) is 39.1 Å². The largest absolute Gasteiger partial charge is 0.340 e. The lowest BCUT2D eigenvalue weighted by molar-refractivity contribution is 1.20. The van der Waals surface area contributed by atoms with E-state index in [9.17, 15) is 0 Å². The summed E-state index contributed by atoms with van der Waals surface area (Å²) in [7, 11) is 0. The molecular weight excluding hydrogens is 367 g/mol. The smallest absolute Gasteiger partial charge is 0.163 e. The van der Waals surface area contributed by atoms with Gasteiger partial charge in [-0.25, -0.2) is 9.97 Å². The number of nitrogens with zero attached hydrogens (tertiary/aromatic N) is 3. The number of benzene rings is 2. The molecule has 2 aromatic heterocycles. The van der Waals surface area contributed by atoms with Crippen LogP contribution in [0.1, 0.15) is 5.56 Å². The van der Waals surface area contributed by atoms with Crippen LogP contribution in [0.25, 0.3) is 22.3 Å². The Morgan fingerprint density at radius 2 is 1.85 bits per heavy atom. The average Bonchev–Trinajstić information content (AvgIpc) is 2.65. The van der Waals surface area contributed by atoms with Gasteiger partial charge in [0.15, 0.2) is 5.82 Å². The third kappa shape index (κ3) is 3.34. The Balaban J connectivity index is 1.87. The van der Waals surface area contributed by atoms with Gasteiger partial charge in [0.1, 0.15) is 5.82 Å². The van der Waals surface area contributed by atoms with E-state index in [0.717, 1.165) is 27.7 Å². The van der Waals surface area contributed by atoms with Crippen molar-refractivity contribution in [1.29, 1.82) is 0 Å². The maximum Gasteiger partial charge on any atom is 0.163 e. The molecule has 0 radical (unpaired) electrons. The van der Waals surface area contributed by atoms with Crippen molar-refractivity contribution >= 4 is 45.6 Å². The molecule has 4 nitrogen and oxygen atoms in total. The molecule has 0 aliphatic rings. The highest BCUT2D eigenvalue weighted by atomic mass is 35.5. The van der Waals surface area contributed by atoms with E-state index in [-0.39, 0.29) is 0 Å².